The summed E-state index contributed by atoms with van der Waals surface area (Å²) in [5.41, 5.74) is 4.13. The van der Waals surface area contributed by atoms with Crippen LogP contribution in [0.15, 0.2) is 36.4 Å². The molecule has 136 valence electrons. The Labute approximate surface area is 180 Å². The number of tetrazole rings is 1. The quantitative estimate of drug-likeness (QED) is 0.640. The summed E-state index contributed by atoms with van der Waals surface area (Å²) < 4.78 is 0. The molecular formula is C18H22N7NaO. The first-order chi connectivity index (χ1) is 12.6. The summed E-state index contributed by atoms with van der Waals surface area (Å²) in [7, 11) is 0. The van der Waals surface area contributed by atoms with Crippen LogP contribution in [0.25, 0.3) is 11.3 Å². The number of nitrogens with one attached hydrogen (secondary N) is 2. The first kappa shape index (κ1) is 21.0. The zero-order chi connectivity index (χ0) is 18.5. The Kier molecular flexibility index (Phi) is 7.46. The number of rotatable bonds is 6. The Morgan fingerprint density at radius 3 is 2.44 bits per heavy atom. The molecule has 0 bridgehead atoms. The van der Waals surface area contributed by atoms with Gasteiger partial charge in [-0.25, -0.2) is 10.1 Å². The van der Waals surface area contributed by atoms with E-state index in [1.165, 1.54) is 5.69 Å². The van der Waals surface area contributed by atoms with Crippen LogP contribution >= 0.6 is 0 Å². The van der Waals surface area contributed by atoms with Crippen LogP contribution < -0.4 is 10.2 Å². The van der Waals surface area contributed by atoms with Crippen LogP contribution in [0.4, 0.5) is 11.6 Å². The van der Waals surface area contributed by atoms with E-state index >= 15 is 0 Å². The van der Waals surface area contributed by atoms with E-state index in [0.717, 1.165) is 29.9 Å². The SMILES string of the molecule is CCN(CC)c1ccc(-c2cc(C)cc(C(=O)Nc3nnn[nH]3)n2)cc1.[NaH]. The molecule has 0 aliphatic rings. The zero-order valence-corrected chi connectivity index (χ0v) is 15.0. The molecule has 0 aliphatic heterocycles. The number of H-pyrrole nitrogens is 1. The van der Waals surface area contributed by atoms with Crippen molar-refractivity contribution < 1.29 is 4.79 Å². The monoisotopic (exact) mass is 375 g/mol. The molecule has 2 heterocycles. The number of aromatic amines is 1. The summed E-state index contributed by atoms with van der Waals surface area (Å²) in [6.07, 6.45) is 0. The zero-order valence-electron chi connectivity index (χ0n) is 15.0. The van der Waals surface area contributed by atoms with Gasteiger partial charge in [0.1, 0.15) is 5.69 Å². The molecule has 1 amide bonds. The van der Waals surface area contributed by atoms with Crippen molar-refractivity contribution in [1.29, 1.82) is 0 Å². The number of carbonyl (C=O) groups is 1. The van der Waals surface area contributed by atoms with Gasteiger partial charge in [-0.15, -0.1) is 0 Å². The minimum atomic E-state index is -0.367. The number of aryl methyl sites for hydroxylation is 1. The van der Waals surface area contributed by atoms with Crippen molar-refractivity contribution in [2.45, 2.75) is 20.8 Å². The van der Waals surface area contributed by atoms with Crippen molar-refractivity contribution in [1.82, 2.24) is 25.6 Å². The molecule has 27 heavy (non-hydrogen) atoms. The van der Waals surface area contributed by atoms with Gasteiger partial charge >= 0.3 is 29.6 Å². The maximum absolute atomic E-state index is 12.4. The van der Waals surface area contributed by atoms with Gasteiger partial charge in [-0.3, -0.25) is 10.1 Å². The van der Waals surface area contributed by atoms with Gasteiger partial charge in [0.15, 0.2) is 0 Å². The predicted octanol–water partition coefficient (Wildman–Crippen LogP) is 2.02. The number of hydrogen-bond acceptors (Lipinski definition) is 6. The van der Waals surface area contributed by atoms with Crippen LogP contribution in [-0.2, 0) is 0 Å². The molecule has 0 saturated heterocycles. The van der Waals surface area contributed by atoms with Crippen LogP contribution in [0.1, 0.15) is 29.9 Å². The Bertz CT molecular complexity index is 877. The standard InChI is InChI=1S/C18H21N7O.Na.H/c1-4-25(5-2)14-8-6-13(7-9-14)15-10-12(3)11-16(19-15)17(26)20-18-21-23-24-22-18;;/h6-11H,4-5H2,1-3H3,(H2,20,21,22,23,24,26);;. The summed E-state index contributed by atoms with van der Waals surface area (Å²) in [6.45, 7) is 8.11. The molecule has 0 unspecified atom stereocenters. The molecular weight excluding hydrogens is 353 g/mol. The Morgan fingerprint density at radius 1 is 1.15 bits per heavy atom. The molecule has 0 saturated carbocycles. The third kappa shape index (κ3) is 5.12. The molecule has 0 spiro atoms. The first-order valence-corrected chi connectivity index (χ1v) is 8.49. The fourth-order valence-electron chi connectivity index (χ4n) is 2.75. The normalized spacial score (nSPS) is 10.2. The van der Waals surface area contributed by atoms with Gasteiger partial charge in [0.25, 0.3) is 5.91 Å². The van der Waals surface area contributed by atoms with Gasteiger partial charge in [0, 0.05) is 24.3 Å². The molecule has 8 nitrogen and oxygen atoms in total. The average molecular weight is 375 g/mol. The summed E-state index contributed by atoms with van der Waals surface area (Å²) >= 11 is 0. The van der Waals surface area contributed by atoms with Crippen LogP contribution in [0.5, 0.6) is 0 Å². The molecule has 0 fully saturated rings. The van der Waals surface area contributed by atoms with E-state index in [9.17, 15) is 4.79 Å². The van der Waals surface area contributed by atoms with Crippen LogP contribution in [0, 0.1) is 6.92 Å². The first-order valence-electron chi connectivity index (χ1n) is 8.49. The van der Waals surface area contributed by atoms with Gasteiger partial charge in [-0.2, -0.15) is 0 Å². The van der Waals surface area contributed by atoms with Gasteiger partial charge < -0.3 is 4.90 Å². The van der Waals surface area contributed by atoms with Gasteiger partial charge in [0.2, 0.25) is 5.95 Å². The van der Waals surface area contributed by atoms with E-state index in [-0.39, 0.29) is 41.4 Å². The molecule has 3 aromatic rings. The van der Waals surface area contributed by atoms with Gasteiger partial charge in [0.05, 0.1) is 5.69 Å². The van der Waals surface area contributed by atoms with E-state index < -0.39 is 0 Å². The van der Waals surface area contributed by atoms with E-state index in [4.69, 9.17) is 0 Å². The number of aromatic nitrogens is 5. The van der Waals surface area contributed by atoms with Gasteiger partial charge in [-0.1, -0.05) is 17.2 Å². The molecule has 1 aromatic carbocycles. The predicted molar refractivity (Wildman–Crippen MR) is 107 cm³/mol. The Morgan fingerprint density at radius 2 is 1.85 bits per heavy atom. The van der Waals surface area contributed by atoms with E-state index in [1.807, 2.05) is 25.1 Å². The van der Waals surface area contributed by atoms with Crippen LogP contribution in [0.3, 0.4) is 0 Å². The second-order valence-corrected chi connectivity index (χ2v) is 5.84. The second kappa shape index (κ2) is 9.59. The number of amides is 1. The number of pyridine rings is 1. The number of benzene rings is 1. The third-order valence-electron chi connectivity index (χ3n) is 4.07. The molecule has 9 heteroatoms. The summed E-state index contributed by atoms with van der Waals surface area (Å²) in [4.78, 5) is 19.1. The molecule has 0 radical (unpaired) electrons. The number of nitrogens with zero attached hydrogens (tertiary/aromatic N) is 5. The number of carbonyl (C=O) groups excluding carboxylic acids is 1. The fourth-order valence-corrected chi connectivity index (χ4v) is 2.75. The Hall–Kier alpha value is -2.29. The van der Waals surface area contributed by atoms with Crippen molar-refractivity contribution in [2.75, 3.05) is 23.3 Å². The fraction of sp³-hybridized carbons (Fsp3) is 0.278. The molecule has 2 N–H and O–H groups in total. The van der Waals surface area contributed by atoms with Crippen molar-refractivity contribution in [3.05, 3.63) is 47.7 Å². The molecule has 3 rings (SSSR count). The van der Waals surface area contributed by atoms with Crippen LogP contribution in [0.2, 0.25) is 0 Å². The van der Waals surface area contributed by atoms with E-state index in [2.05, 4.69) is 61.8 Å². The van der Waals surface area contributed by atoms with Crippen molar-refractivity contribution in [3.63, 3.8) is 0 Å². The Balaban J connectivity index is 0.00000261. The van der Waals surface area contributed by atoms with Crippen LogP contribution in [-0.4, -0.2) is 74.2 Å². The van der Waals surface area contributed by atoms with Crippen molar-refractivity contribution >= 4 is 47.1 Å². The van der Waals surface area contributed by atoms with Crippen molar-refractivity contribution in [2.24, 2.45) is 0 Å². The maximum atomic E-state index is 12.4. The molecule has 2 aromatic heterocycles. The van der Waals surface area contributed by atoms with Crippen molar-refractivity contribution in [3.8, 4) is 11.3 Å². The third-order valence-corrected chi connectivity index (χ3v) is 4.07. The van der Waals surface area contributed by atoms with E-state index in [1.54, 1.807) is 6.07 Å². The minimum absolute atomic E-state index is 0. The van der Waals surface area contributed by atoms with E-state index in [0.29, 0.717) is 5.69 Å². The second-order valence-electron chi connectivity index (χ2n) is 5.84. The molecule has 0 aliphatic carbocycles. The summed E-state index contributed by atoms with van der Waals surface area (Å²) in [5.74, 6) is -0.184. The molecule has 0 atom stereocenters. The average Bonchev–Trinajstić information content (AvgIpc) is 3.16. The topological polar surface area (TPSA) is 99.7 Å². The number of hydrogen-bond donors (Lipinski definition) is 2. The van der Waals surface area contributed by atoms with Gasteiger partial charge in [-0.05, 0) is 61.0 Å². The summed E-state index contributed by atoms with van der Waals surface area (Å²) in [5, 5.41) is 15.6. The summed E-state index contributed by atoms with van der Waals surface area (Å²) in [6, 6.07) is 11.9. The number of anilines is 2.